The van der Waals surface area contributed by atoms with Crippen LogP contribution in [0.1, 0.15) is 60.0 Å². The quantitative estimate of drug-likeness (QED) is 0.584. The lowest BCUT2D eigenvalue weighted by Crippen LogP contribution is -2.43. The monoisotopic (exact) mass is 448 g/mol. The molecule has 0 bridgehead atoms. The first-order valence-corrected chi connectivity index (χ1v) is 11.7. The van der Waals surface area contributed by atoms with Gasteiger partial charge >= 0.3 is 0 Å². The number of nitrogens with one attached hydrogen (secondary N) is 1. The number of fused-ring (bicyclic) bond motifs is 1. The van der Waals surface area contributed by atoms with Crippen LogP contribution in [-0.4, -0.2) is 43.7 Å². The fourth-order valence-electron chi connectivity index (χ4n) is 4.26. The molecule has 1 saturated heterocycles. The summed E-state index contributed by atoms with van der Waals surface area (Å²) in [5.41, 5.74) is 3.72. The second kappa shape index (κ2) is 10.3. The summed E-state index contributed by atoms with van der Waals surface area (Å²) in [6.07, 6.45) is 0.832. The molecule has 33 heavy (non-hydrogen) atoms. The SMILES string of the molecule is CCc1ccc2oc(C(=O)NCC(c3ccc(C(C)C)cc3)N3CCOCC3)cc(=O)c2c1. The molecule has 4 rings (SSSR count). The molecule has 1 aliphatic heterocycles. The number of rotatable bonds is 7. The van der Waals surface area contributed by atoms with Gasteiger partial charge in [-0.1, -0.05) is 51.1 Å². The number of amides is 1. The fourth-order valence-corrected chi connectivity index (χ4v) is 4.26. The number of hydrogen-bond acceptors (Lipinski definition) is 5. The number of benzene rings is 2. The van der Waals surface area contributed by atoms with Gasteiger partial charge in [0.1, 0.15) is 5.58 Å². The molecule has 1 aliphatic rings. The van der Waals surface area contributed by atoms with E-state index >= 15 is 0 Å². The molecule has 6 nitrogen and oxygen atoms in total. The zero-order valence-corrected chi connectivity index (χ0v) is 19.6. The summed E-state index contributed by atoms with van der Waals surface area (Å²) >= 11 is 0. The first kappa shape index (κ1) is 23.2. The standard InChI is InChI=1S/C27H32N2O4/c1-4-19-5-10-25-22(15-19)24(30)16-26(33-25)27(31)28-17-23(29-11-13-32-14-12-29)21-8-6-20(7-9-21)18(2)3/h5-10,15-16,18,23H,4,11-14,17H2,1-3H3,(H,28,31). The first-order valence-electron chi connectivity index (χ1n) is 11.7. The van der Waals surface area contributed by atoms with E-state index in [0.29, 0.717) is 36.6 Å². The summed E-state index contributed by atoms with van der Waals surface area (Å²) in [6, 6.07) is 15.4. The average molecular weight is 449 g/mol. The molecule has 6 heteroatoms. The molecule has 1 aromatic heterocycles. The lowest BCUT2D eigenvalue weighted by Gasteiger charge is -2.35. The topological polar surface area (TPSA) is 71.8 Å². The van der Waals surface area contributed by atoms with E-state index < -0.39 is 0 Å². The van der Waals surface area contributed by atoms with Gasteiger partial charge in [0.2, 0.25) is 0 Å². The van der Waals surface area contributed by atoms with E-state index in [9.17, 15) is 9.59 Å². The second-order valence-corrected chi connectivity index (χ2v) is 8.85. The van der Waals surface area contributed by atoms with Gasteiger partial charge in [-0.25, -0.2) is 0 Å². The second-order valence-electron chi connectivity index (χ2n) is 8.85. The largest absolute Gasteiger partial charge is 0.451 e. The van der Waals surface area contributed by atoms with Gasteiger partial charge in [-0.3, -0.25) is 14.5 Å². The molecule has 1 N–H and O–H groups in total. The number of hydrogen-bond donors (Lipinski definition) is 1. The molecule has 1 fully saturated rings. The molecule has 2 aromatic carbocycles. The molecule has 3 aromatic rings. The van der Waals surface area contributed by atoms with Gasteiger partial charge in [-0.05, 0) is 41.2 Å². The molecule has 1 amide bonds. The van der Waals surface area contributed by atoms with Crippen LogP contribution in [0.5, 0.6) is 0 Å². The van der Waals surface area contributed by atoms with Crippen LogP contribution in [0.4, 0.5) is 0 Å². The van der Waals surface area contributed by atoms with Gasteiger partial charge in [0.25, 0.3) is 5.91 Å². The van der Waals surface area contributed by atoms with Crippen LogP contribution >= 0.6 is 0 Å². The summed E-state index contributed by atoms with van der Waals surface area (Å²) in [5, 5.41) is 3.49. The van der Waals surface area contributed by atoms with Crippen LogP contribution in [-0.2, 0) is 11.2 Å². The molecule has 174 valence electrons. The van der Waals surface area contributed by atoms with Gasteiger partial charge in [0.15, 0.2) is 11.2 Å². The van der Waals surface area contributed by atoms with Crippen molar-refractivity contribution >= 4 is 16.9 Å². The molecule has 1 atom stereocenters. The van der Waals surface area contributed by atoms with E-state index in [1.165, 1.54) is 11.6 Å². The van der Waals surface area contributed by atoms with Crippen LogP contribution in [0.25, 0.3) is 11.0 Å². The van der Waals surface area contributed by atoms with Crippen molar-refractivity contribution in [3.8, 4) is 0 Å². The van der Waals surface area contributed by atoms with Crippen molar-refractivity contribution in [1.82, 2.24) is 10.2 Å². The molecule has 1 unspecified atom stereocenters. The van der Waals surface area contributed by atoms with Gasteiger partial charge < -0.3 is 14.5 Å². The Hall–Kier alpha value is -2.96. The number of carbonyl (C=O) groups is 1. The van der Waals surface area contributed by atoms with E-state index in [1.807, 2.05) is 19.1 Å². The number of aryl methyl sites for hydroxylation is 1. The minimum Gasteiger partial charge on any atom is -0.451 e. The number of nitrogens with zero attached hydrogens (tertiary/aromatic N) is 1. The fraction of sp³-hybridized carbons (Fsp3) is 0.407. The average Bonchev–Trinajstić information content (AvgIpc) is 2.84. The maximum Gasteiger partial charge on any atom is 0.287 e. The van der Waals surface area contributed by atoms with Crippen molar-refractivity contribution in [2.45, 2.75) is 39.2 Å². The Labute approximate surface area is 194 Å². The van der Waals surface area contributed by atoms with E-state index in [0.717, 1.165) is 30.6 Å². The van der Waals surface area contributed by atoms with Crippen LogP contribution in [0.2, 0.25) is 0 Å². The zero-order chi connectivity index (χ0) is 23.4. The number of carbonyl (C=O) groups excluding carboxylic acids is 1. The molecule has 2 heterocycles. The molecular formula is C27H32N2O4. The minimum absolute atomic E-state index is 0.0124. The van der Waals surface area contributed by atoms with Gasteiger partial charge in [-0.2, -0.15) is 0 Å². The molecule has 0 spiro atoms. The summed E-state index contributed by atoms with van der Waals surface area (Å²) in [7, 11) is 0. The highest BCUT2D eigenvalue weighted by Crippen LogP contribution is 2.24. The third-order valence-corrected chi connectivity index (χ3v) is 6.35. The summed E-state index contributed by atoms with van der Waals surface area (Å²) in [4.78, 5) is 27.9. The van der Waals surface area contributed by atoms with Gasteiger partial charge in [0.05, 0.1) is 24.6 Å². The maximum atomic E-state index is 12.9. The Morgan fingerprint density at radius 2 is 1.73 bits per heavy atom. The molecule has 0 radical (unpaired) electrons. The predicted molar refractivity (Wildman–Crippen MR) is 130 cm³/mol. The highest BCUT2D eigenvalue weighted by Gasteiger charge is 2.24. The minimum atomic E-state index is -0.384. The normalized spacial score (nSPS) is 15.6. The van der Waals surface area contributed by atoms with Crippen LogP contribution in [0, 0.1) is 0 Å². The highest BCUT2D eigenvalue weighted by molar-refractivity contribution is 5.93. The smallest absolute Gasteiger partial charge is 0.287 e. The Bertz CT molecular complexity index is 1160. The Balaban J connectivity index is 1.54. The third kappa shape index (κ3) is 5.34. The van der Waals surface area contributed by atoms with E-state index in [1.54, 1.807) is 6.07 Å². The van der Waals surface area contributed by atoms with Crippen molar-refractivity contribution in [2.24, 2.45) is 0 Å². The van der Waals surface area contributed by atoms with Crippen LogP contribution in [0.15, 0.2) is 57.7 Å². The van der Waals surface area contributed by atoms with Crippen molar-refractivity contribution < 1.29 is 13.9 Å². The van der Waals surface area contributed by atoms with E-state index in [2.05, 4.69) is 48.3 Å². The molecular weight excluding hydrogens is 416 g/mol. The van der Waals surface area contributed by atoms with Crippen molar-refractivity contribution in [2.75, 3.05) is 32.8 Å². The first-order chi connectivity index (χ1) is 16.0. The van der Waals surface area contributed by atoms with E-state index in [-0.39, 0.29) is 23.1 Å². The predicted octanol–water partition coefficient (Wildman–Crippen LogP) is 4.28. The summed E-state index contributed by atoms with van der Waals surface area (Å²) < 4.78 is 11.3. The molecule has 0 aliphatic carbocycles. The van der Waals surface area contributed by atoms with Gasteiger partial charge in [0, 0.05) is 25.7 Å². The van der Waals surface area contributed by atoms with Crippen LogP contribution < -0.4 is 10.7 Å². The van der Waals surface area contributed by atoms with Crippen molar-refractivity contribution in [3.63, 3.8) is 0 Å². The zero-order valence-electron chi connectivity index (χ0n) is 19.6. The highest BCUT2D eigenvalue weighted by atomic mass is 16.5. The number of morpholine rings is 1. The lowest BCUT2D eigenvalue weighted by molar-refractivity contribution is 0.0161. The number of ether oxygens (including phenoxy) is 1. The Morgan fingerprint density at radius 3 is 2.39 bits per heavy atom. The third-order valence-electron chi connectivity index (χ3n) is 6.35. The summed E-state index contributed by atoms with van der Waals surface area (Å²) in [6.45, 7) is 9.75. The van der Waals surface area contributed by atoms with Gasteiger partial charge in [-0.15, -0.1) is 0 Å². The Morgan fingerprint density at radius 1 is 1.03 bits per heavy atom. The lowest BCUT2D eigenvalue weighted by atomic mass is 9.98. The van der Waals surface area contributed by atoms with Crippen molar-refractivity contribution in [3.05, 3.63) is 81.2 Å². The van der Waals surface area contributed by atoms with Crippen molar-refractivity contribution in [1.29, 1.82) is 0 Å². The van der Waals surface area contributed by atoms with Crippen LogP contribution in [0.3, 0.4) is 0 Å². The Kier molecular flexibility index (Phi) is 7.26. The molecule has 0 saturated carbocycles. The maximum absolute atomic E-state index is 12.9. The summed E-state index contributed by atoms with van der Waals surface area (Å²) in [5.74, 6) is 0.114. The van der Waals surface area contributed by atoms with E-state index in [4.69, 9.17) is 9.15 Å².